The van der Waals surface area contributed by atoms with Crippen molar-refractivity contribution in [2.24, 2.45) is 20.9 Å². The molecular formula is C20H19N6O+. The minimum Gasteiger partial charge on any atom is -0.461 e. The van der Waals surface area contributed by atoms with Crippen LogP contribution in [0, 0.1) is 11.8 Å². The van der Waals surface area contributed by atoms with E-state index in [0.29, 0.717) is 29.7 Å². The summed E-state index contributed by atoms with van der Waals surface area (Å²) in [4.78, 5) is 10.8. The normalized spacial score (nSPS) is 20.5. The summed E-state index contributed by atoms with van der Waals surface area (Å²) >= 11 is 0. The molecule has 1 unspecified atom stereocenters. The molecule has 0 fully saturated rings. The predicted octanol–water partition coefficient (Wildman–Crippen LogP) is 2.10. The molecule has 2 aliphatic heterocycles. The van der Waals surface area contributed by atoms with Gasteiger partial charge in [0.25, 0.3) is 11.7 Å². The Hall–Kier alpha value is -3.31. The smallest absolute Gasteiger partial charge is 0.300 e. The van der Waals surface area contributed by atoms with E-state index in [1.807, 2.05) is 25.2 Å². The van der Waals surface area contributed by atoms with Gasteiger partial charge in [0, 0.05) is 6.54 Å². The lowest BCUT2D eigenvalue weighted by Gasteiger charge is -2.18. The third-order valence-corrected chi connectivity index (χ3v) is 4.09. The summed E-state index contributed by atoms with van der Waals surface area (Å²) in [6, 6.07) is 13.9. The van der Waals surface area contributed by atoms with Gasteiger partial charge in [0.2, 0.25) is 0 Å². The first-order valence-corrected chi connectivity index (χ1v) is 8.51. The van der Waals surface area contributed by atoms with E-state index in [0.717, 1.165) is 6.54 Å². The van der Waals surface area contributed by atoms with E-state index >= 15 is 0 Å². The Bertz CT molecular complexity index is 1010. The molecule has 2 N–H and O–H groups in total. The molecule has 4 rings (SSSR count). The van der Waals surface area contributed by atoms with Gasteiger partial charge in [-0.3, -0.25) is 4.90 Å². The van der Waals surface area contributed by atoms with Gasteiger partial charge in [0.05, 0.1) is 12.8 Å². The van der Waals surface area contributed by atoms with Gasteiger partial charge in [-0.1, -0.05) is 36.3 Å². The summed E-state index contributed by atoms with van der Waals surface area (Å²) in [5.74, 6) is 14.0. The zero-order valence-corrected chi connectivity index (χ0v) is 14.9. The highest BCUT2D eigenvalue weighted by atomic mass is 16.3. The highest BCUT2D eigenvalue weighted by Crippen LogP contribution is 2.21. The molecule has 1 atom stereocenters. The summed E-state index contributed by atoms with van der Waals surface area (Å²) in [5, 5.41) is 4.42. The van der Waals surface area contributed by atoms with Gasteiger partial charge < -0.3 is 4.42 Å². The van der Waals surface area contributed by atoms with Gasteiger partial charge in [-0.15, -0.1) is 5.84 Å². The van der Waals surface area contributed by atoms with Gasteiger partial charge >= 0.3 is 0 Å². The Morgan fingerprint density at radius 3 is 2.81 bits per heavy atom. The zero-order valence-electron chi connectivity index (χ0n) is 14.9. The topological polar surface area (TPSA) is 79.5 Å². The summed E-state index contributed by atoms with van der Waals surface area (Å²) in [5.41, 5.74) is 1.81. The lowest BCUT2D eigenvalue weighted by Crippen LogP contribution is -2.50. The summed E-state index contributed by atoms with van der Waals surface area (Å²) in [7, 11) is 2.03. The lowest BCUT2D eigenvalue weighted by atomic mass is 10.2. The fourth-order valence-electron chi connectivity index (χ4n) is 2.77. The second-order valence-corrected chi connectivity index (χ2v) is 6.34. The summed E-state index contributed by atoms with van der Waals surface area (Å²) in [6.07, 6.45) is 4.85. The first-order valence-electron chi connectivity index (χ1n) is 8.51. The molecule has 27 heavy (non-hydrogen) atoms. The van der Waals surface area contributed by atoms with Crippen molar-refractivity contribution in [3.8, 4) is 11.8 Å². The van der Waals surface area contributed by atoms with Crippen molar-refractivity contribution < 1.29 is 9.12 Å². The van der Waals surface area contributed by atoms with E-state index in [-0.39, 0.29) is 4.70 Å². The van der Waals surface area contributed by atoms with Crippen LogP contribution in [-0.2, 0) is 6.54 Å². The average Bonchev–Trinajstić information content (AvgIpc) is 3.29. The largest absolute Gasteiger partial charge is 0.461 e. The minimum atomic E-state index is -0.302. The number of furan rings is 1. The fourth-order valence-corrected chi connectivity index (χ4v) is 2.77. The molecule has 2 aliphatic rings. The third kappa shape index (κ3) is 3.78. The number of benzene rings is 1. The molecule has 2 aromatic rings. The molecule has 0 aliphatic carbocycles. The van der Waals surface area contributed by atoms with Crippen LogP contribution in [0.4, 0.5) is 0 Å². The van der Waals surface area contributed by atoms with Gasteiger partial charge in [0.1, 0.15) is 6.21 Å². The first-order chi connectivity index (χ1) is 13.1. The molecule has 7 heteroatoms. The Labute approximate surface area is 157 Å². The van der Waals surface area contributed by atoms with Crippen molar-refractivity contribution in [1.82, 2.24) is 4.90 Å². The van der Waals surface area contributed by atoms with E-state index in [1.54, 1.807) is 30.8 Å². The number of quaternary nitrogens is 1. The zero-order chi connectivity index (χ0) is 18.7. The molecule has 7 nitrogen and oxygen atoms in total. The van der Waals surface area contributed by atoms with Crippen LogP contribution in [-0.4, -0.2) is 41.1 Å². The minimum absolute atomic E-state index is 0.302. The highest BCUT2D eigenvalue weighted by molar-refractivity contribution is 6.31. The molecule has 1 aromatic carbocycles. The third-order valence-electron chi connectivity index (χ3n) is 4.09. The van der Waals surface area contributed by atoms with Crippen LogP contribution in [0.3, 0.4) is 0 Å². The molecule has 0 saturated heterocycles. The maximum absolute atomic E-state index is 6.32. The monoisotopic (exact) mass is 359 g/mol. The number of fused-ring (bicyclic) bond motifs is 1. The standard InChI is InChI=1S/C20H19N6O/c1-25(14-16-7-3-2-4-8-16)11-5-9-17-15-26(21)19(13-22-17)23-20(24-26)18-10-6-12-27-18/h2-4,6-8,10,12-13,15H,11,14,21H2,1H3/q+1. The number of nitrogens with zero attached hydrogens (tertiary/aromatic N) is 5. The quantitative estimate of drug-likeness (QED) is 0.516. The van der Waals surface area contributed by atoms with Crippen molar-refractivity contribution in [2.75, 3.05) is 13.6 Å². The van der Waals surface area contributed by atoms with Crippen LogP contribution < -0.4 is 5.84 Å². The SMILES string of the molecule is CN(CC#CC1=C[N+]2(N)N=C(c3ccco3)N=C2C=N1)Cc1ccccc1. The van der Waals surface area contributed by atoms with Crippen LogP contribution in [0.5, 0.6) is 0 Å². The molecule has 0 radical (unpaired) electrons. The van der Waals surface area contributed by atoms with E-state index in [4.69, 9.17) is 10.3 Å². The van der Waals surface area contributed by atoms with Gasteiger partial charge in [-0.2, -0.15) is 4.99 Å². The average molecular weight is 359 g/mol. The number of rotatable bonds is 4. The molecular weight excluding hydrogens is 340 g/mol. The lowest BCUT2D eigenvalue weighted by molar-refractivity contribution is -0.803. The molecule has 3 heterocycles. The van der Waals surface area contributed by atoms with Gasteiger partial charge in [-0.25, -0.2) is 4.99 Å². The van der Waals surface area contributed by atoms with Crippen LogP contribution in [0.15, 0.2) is 80.1 Å². The molecule has 134 valence electrons. The number of hydrogen-bond donors (Lipinski definition) is 1. The Morgan fingerprint density at radius 2 is 2.04 bits per heavy atom. The van der Waals surface area contributed by atoms with Gasteiger partial charge in [0.15, 0.2) is 17.7 Å². The van der Waals surface area contributed by atoms with Crippen molar-refractivity contribution in [3.05, 3.63) is 71.9 Å². The number of aliphatic imine (C=N–C) groups is 2. The Morgan fingerprint density at radius 1 is 1.19 bits per heavy atom. The molecule has 0 amide bonds. The van der Waals surface area contributed by atoms with Crippen molar-refractivity contribution in [1.29, 1.82) is 0 Å². The van der Waals surface area contributed by atoms with Crippen LogP contribution in [0.1, 0.15) is 11.3 Å². The number of allylic oxidation sites excluding steroid dienone is 1. The second-order valence-electron chi connectivity index (χ2n) is 6.34. The number of hydrogen-bond acceptors (Lipinski definition) is 6. The van der Waals surface area contributed by atoms with Crippen molar-refractivity contribution >= 4 is 17.9 Å². The molecule has 0 bridgehead atoms. The van der Waals surface area contributed by atoms with Crippen molar-refractivity contribution in [2.45, 2.75) is 6.54 Å². The maximum Gasteiger partial charge on any atom is 0.300 e. The Balaban J connectivity index is 1.44. The predicted molar refractivity (Wildman–Crippen MR) is 104 cm³/mol. The van der Waals surface area contributed by atoms with E-state index in [2.05, 4.69) is 44.0 Å². The van der Waals surface area contributed by atoms with E-state index in [9.17, 15) is 0 Å². The fraction of sp³-hybridized carbons (Fsp3) is 0.150. The van der Waals surface area contributed by atoms with Crippen LogP contribution in [0.25, 0.3) is 0 Å². The maximum atomic E-state index is 6.32. The first kappa shape index (κ1) is 17.1. The number of amidine groups is 2. The highest BCUT2D eigenvalue weighted by Gasteiger charge is 2.39. The molecule has 0 saturated carbocycles. The van der Waals surface area contributed by atoms with Crippen molar-refractivity contribution in [3.63, 3.8) is 0 Å². The Kier molecular flexibility index (Phi) is 4.52. The van der Waals surface area contributed by atoms with E-state index in [1.165, 1.54) is 5.56 Å². The van der Waals surface area contributed by atoms with Crippen LogP contribution in [0.2, 0.25) is 0 Å². The van der Waals surface area contributed by atoms with E-state index < -0.39 is 0 Å². The molecule has 1 aromatic heterocycles. The van der Waals surface area contributed by atoms with Crippen LogP contribution >= 0.6 is 0 Å². The summed E-state index contributed by atoms with van der Waals surface area (Å²) in [6.45, 7) is 1.45. The number of nitrogens with two attached hydrogens (primary N) is 1. The molecule has 0 spiro atoms. The van der Waals surface area contributed by atoms with Gasteiger partial charge in [-0.05, 0) is 40.5 Å². The second kappa shape index (κ2) is 7.13. The summed E-state index contributed by atoms with van der Waals surface area (Å²) < 4.78 is 5.03.